The average Bonchev–Trinajstić information content (AvgIpc) is 3.17. The summed E-state index contributed by atoms with van der Waals surface area (Å²) in [4.78, 5) is 40.4. The Morgan fingerprint density at radius 1 is 1.35 bits per heavy atom. The number of rotatable bonds is 3. The van der Waals surface area contributed by atoms with E-state index in [1.165, 1.54) is 7.05 Å². The van der Waals surface area contributed by atoms with Gasteiger partial charge in [0.2, 0.25) is 11.7 Å². The molecule has 0 aromatic carbocycles. The van der Waals surface area contributed by atoms with E-state index in [1.54, 1.807) is 0 Å². The molecule has 2 aliphatic rings. The Hall–Kier alpha value is -2.25. The minimum Gasteiger partial charge on any atom is -0.337 e. The number of likely N-dealkylation sites (N-methyl/N-ethyl adjacent to an activating group) is 1. The Morgan fingerprint density at radius 2 is 2.10 bits per heavy atom. The molecule has 1 unspecified atom stereocenters. The van der Waals surface area contributed by atoms with Gasteiger partial charge in [-0.2, -0.15) is 0 Å². The fraction of sp³-hybridized carbons (Fsp3) is 0.583. The van der Waals surface area contributed by atoms with Gasteiger partial charge in [0.05, 0.1) is 0 Å². The summed E-state index contributed by atoms with van der Waals surface area (Å²) < 4.78 is 0. The molecule has 0 bridgehead atoms. The largest absolute Gasteiger partial charge is 0.337 e. The van der Waals surface area contributed by atoms with Gasteiger partial charge in [-0.15, -0.1) is 5.10 Å². The first-order chi connectivity index (χ1) is 9.56. The predicted molar refractivity (Wildman–Crippen MR) is 66.6 cm³/mol. The van der Waals surface area contributed by atoms with Crippen LogP contribution in [0.3, 0.4) is 0 Å². The van der Waals surface area contributed by atoms with Crippen molar-refractivity contribution in [3.63, 3.8) is 0 Å². The van der Waals surface area contributed by atoms with E-state index in [2.05, 4.69) is 20.5 Å². The van der Waals surface area contributed by atoms with Crippen LogP contribution in [0.5, 0.6) is 0 Å². The molecule has 1 atom stereocenters. The second-order valence-electron chi connectivity index (χ2n) is 5.17. The van der Waals surface area contributed by atoms with E-state index < -0.39 is 17.9 Å². The zero-order valence-electron chi connectivity index (χ0n) is 11.0. The lowest BCUT2D eigenvalue weighted by molar-refractivity contribution is -0.147. The molecule has 20 heavy (non-hydrogen) atoms. The second-order valence-corrected chi connectivity index (χ2v) is 5.17. The maximum Gasteiger partial charge on any atom is 0.291 e. The number of carbonyl (C=O) groups excluding carboxylic acids is 3. The van der Waals surface area contributed by atoms with Gasteiger partial charge in [-0.1, -0.05) is 0 Å². The van der Waals surface area contributed by atoms with E-state index in [0.717, 1.165) is 23.6 Å². The maximum atomic E-state index is 12.0. The lowest BCUT2D eigenvalue weighted by atomic mass is 10.0. The SMILES string of the molecule is CN1C(=O)CCC(NC(=O)c2n[nH]c(C3CC3)n2)C1=O. The molecule has 2 N–H and O–H groups in total. The van der Waals surface area contributed by atoms with E-state index in [1.807, 2.05) is 0 Å². The van der Waals surface area contributed by atoms with Crippen LogP contribution in [-0.4, -0.2) is 50.9 Å². The first-order valence-corrected chi connectivity index (χ1v) is 6.60. The van der Waals surface area contributed by atoms with Crippen LogP contribution in [0.15, 0.2) is 0 Å². The Kier molecular flexibility index (Phi) is 3.00. The quantitative estimate of drug-likeness (QED) is 0.728. The third kappa shape index (κ3) is 2.28. The fourth-order valence-corrected chi connectivity index (χ4v) is 2.19. The molecule has 1 aliphatic carbocycles. The first-order valence-electron chi connectivity index (χ1n) is 6.60. The number of nitrogens with zero attached hydrogens (tertiary/aromatic N) is 3. The van der Waals surface area contributed by atoms with Crippen molar-refractivity contribution in [1.29, 1.82) is 0 Å². The summed E-state index contributed by atoms with van der Waals surface area (Å²) in [6, 6.07) is -0.687. The van der Waals surface area contributed by atoms with E-state index in [-0.39, 0.29) is 18.2 Å². The van der Waals surface area contributed by atoms with E-state index in [4.69, 9.17) is 0 Å². The molecule has 3 rings (SSSR count). The number of nitrogens with one attached hydrogen (secondary N) is 2. The number of carbonyl (C=O) groups is 3. The number of aromatic amines is 1. The van der Waals surface area contributed by atoms with Crippen molar-refractivity contribution in [3.8, 4) is 0 Å². The summed E-state index contributed by atoms with van der Waals surface area (Å²) in [6.07, 6.45) is 2.68. The van der Waals surface area contributed by atoms with Crippen molar-refractivity contribution in [2.24, 2.45) is 0 Å². The third-order valence-corrected chi connectivity index (χ3v) is 3.62. The topological polar surface area (TPSA) is 108 Å². The van der Waals surface area contributed by atoms with Gasteiger partial charge in [0.1, 0.15) is 11.9 Å². The molecule has 8 heteroatoms. The number of likely N-dealkylation sites (tertiary alicyclic amines) is 1. The first kappa shape index (κ1) is 12.8. The second kappa shape index (κ2) is 4.69. The zero-order valence-corrected chi connectivity index (χ0v) is 11.0. The van der Waals surface area contributed by atoms with Crippen LogP contribution in [0.4, 0.5) is 0 Å². The highest BCUT2D eigenvalue weighted by atomic mass is 16.2. The van der Waals surface area contributed by atoms with Crippen LogP contribution in [0.2, 0.25) is 0 Å². The molecule has 8 nitrogen and oxygen atoms in total. The van der Waals surface area contributed by atoms with Gasteiger partial charge >= 0.3 is 0 Å². The molecule has 1 aliphatic heterocycles. The van der Waals surface area contributed by atoms with Gasteiger partial charge in [-0.3, -0.25) is 24.4 Å². The van der Waals surface area contributed by atoms with Gasteiger partial charge in [0.15, 0.2) is 0 Å². The molecule has 0 spiro atoms. The normalized spacial score (nSPS) is 23.1. The van der Waals surface area contributed by atoms with Crippen LogP contribution in [0, 0.1) is 0 Å². The van der Waals surface area contributed by atoms with Crippen molar-refractivity contribution in [1.82, 2.24) is 25.4 Å². The molecule has 2 heterocycles. The number of imide groups is 1. The molecular weight excluding hydrogens is 262 g/mol. The van der Waals surface area contributed by atoms with Crippen molar-refractivity contribution in [2.75, 3.05) is 7.05 Å². The summed E-state index contributed by atoms with van der Waals surface area (Å²) in [5.41, 5.74) is 0. The molecule has 3 amide bonds. The molecular formula is C12H15N5O3. The highest BCUT2D eigenvalue weighted by Gasteiger charge is 2.34. The van der Waals surface area contributed by atoms with Crippen LogP contribution in [-0.2, 0) is 9.59 Å². The molecule has 2 fully saturated rings. The van der Waals surface area contributed by atoms with Gasteiger partial charge < -0.3 is 5.32 Å². The summed E-state index contributed by atoms with van der Waals surface area (Å²) in [7, 11) is 1.42. The molecule has 1 aromatic heterocycles. The smallest absolute Gasteiger partial charge is 0.291 e. The molecule has 1 saturated heterocycles. The standard InChI is InChI=1S/C12H15N5O3/c1-17-8(18)5-4-7(12(17)20)13-11(19)10-14-9(15-16-10)6-2-3-6/h6-7H,2-5H2,1H3,(H,13,19)(H,14,15,16). The molecule has 1 aromatic rings. The number of amides is 3. The van der Waals surface area contributed by atoms with Crippen molar-refractivity contribution >= 4 is 17.7 Å². The van der Waals surface area contributed by atoms with Crippen molar-refractivity contribution in [2.45, 2.75) is 37.6 Å². The Balaban J connectivity index is 1.65. The molecule has 106 valence electrons. The maximum absolute atomic E-state index is 12.0. The Morgan fingerprint density at radius 3 is 2.80 bits per heavy atom. The predicted octanol–water partition coefficient (Wildman–Crippen LogP) is -0.441. The van der Waals surface area contributed by atoms with Crippen LogP contribution in [0.25, 0.3) is 0 Å². The minimum atomic E-state index is -0.687. The summed E-state index contributed by atoms with van der Waals surface area (Å²) in [5.74, 6) is 0.0250. The number of H-pyrrole nitrogens is 1. The van der Waals surface area contributed by atoms with Crippen LogP contribution >= 0.6 is 0 Å². The summed E-state index contributed by atoms with van der Waals surface area (Å²) in [6.45, 7) is 0. The zero-order chi connectivity index (χ0) is 14.3. The molecule has 1 saturated carbocycles. The minimum absolute atomic E-state index is 0.0410. The van der Waals surface area contributed by atoms with E-state index in [9.17, 15) is 14.4 Å². The van der Waals surface area contributed by atoms with Gasteiger partial charge in [-0.05, 0) is 19.3 Å². The van der Waals surface area contributed by atoms with Gasteiger partial charge in [0, 0.05) is 19.4 Å². The highest BCUT2D eigenvalue weighted by molar-refractivity contribution is 6.02. The lowest BCUT2D eigenvalue weighted by Crippen LogP contribution is -2.53. The van der Waals surface area contributed by atoms with E-state index in [0.29, 0.717) is 12.3 Å². The summed E-state index contributed by atoms with van der Waals surface area (Å²) in [5, 5.41) is 9.18. The lowest BCUT2D eigenvalue weighted by Gasteiger charge is -2.27. The van der Waals surface area contributed by atoms with Crippen LogP contribution < -0.4 is 5.32 Å². The Labute approximate surface area is 114 Å². The number of piperidine rings is 1. The number of hydrogen-bond donors (Lipinski definition) is 2. The van der Waals surface area contributed by atoms with Gasteiger partial charge in [-0.25, -0.2) is 4.98 Å². The monoisotopic (exact) mass is 277 g/mol. The molecule has 0 radical (unpaired) electrons. The number of hydrogen-bond acceptors (Lipinski definition) is 5. The highest BCUT2D eigenvalue weighted by Crippen LogP contribution is 2.37. The van der Waals surface area contributed by atoms with E-state index >= 15 is 0 Å². The average molecular weight is 277 g/mol. The Bertz CT molecular complexity index is 577. The van der Waals surface area contributed by atoms with Crippen molar-refractivity contribution in [3.05, 3.63) is 11.6 Å². The van der Waals surface area contributed by atoms with Crippen molar-refractivity contribution < 1.29 is 14.4 Å². The van der Waals surface area contributed by atoms with Gasteiger partial charge in [0.25, 0.3) is 11.8 Å². The fourth-order valence-electron chi connectivity index (χ4n) is 2.19. The summed E-state index contributed by atoms with van der Waals surface area (Å²) >= 11 is 0. The van der Waals surface area contributed by atoms with Crippen LogP contribution in [0.1, 0.15) is 48.0 Å². The third-order valence-electron chi connectivity index (χ3n) is 3.62. The number of aromatic nitrogens is 3.